The summed E-state index contributed by atoms with van der Waals surface area (Å²) in [7, 11) is -3.02. The summed E-state index contributed by atoms with van der Waals surface area (Å²) >= 11 is 0.729. The summed E-state index contributed by atoms with van der Waals surface area (Å²) in [5, 5.41) is 2.04. The van der Waals surface area contributed by atoms with Gasteiger partial charge in [-0.15, -0.1) is 11.3 Å². The topological polar surface area (TPSA) is 132 Å². The predicted octanol–water partition coefficient (Wildman–Crippen LogP) is -0.987. The highest BCUT2D eigenvalue weighted by Gasteiger charge is 2.34. The smallest absolute Gasteiger partial charge is 0.358 e. The van der Waals surface area contributed by atoms with Crippen molar-refractivity contribution in [3.05, 3.63) is 11.2 Å². The van der Waals surface area contributed by atoms with Crippen molar-refractivity contribution in [3.63, 3.8) is 0 Å². The zero-order chi connectivity index (χ0) is 15.6. The van der Waals surface area contributed by atoms with E-state index in [0.717, 1.165) is 18.4 Å². The zero-order valence-corrected chi connectivity index (χ0v) is 12.4. The molecule has 1 aromatic heterocycles. The summed E-state index contributed by atoms with van der Waals surface area (Å²) in [5.74, 6) is -2.07. The fraction of sp³-hybridized carbons (Fsp3) is 0.400. The van der Waals surface area contributed by atoms with Crippen molar-refractivity contribution in [2.24, 2.45) is 0 Å². The van der Waals surface area contributed by atoms with Crippen LogP contribution >= 0.6 is 11.3 Å². The highest BCUT2D eigenvalue weighted by atomic mass is 32.2. The van der Waals surface area contributed by atoms with Crippen molar-refractivity contribution < 1.29 is 27.5 Å². The zero-order valence-electron chi connectivity index (χ0n) is 10.8. The Labute approximate surface area is 123 Å². The number of rotatable bonds is 4. The third-order valence-electron chi connectivity index (χ3n) is 2.69. The quantitative estimate of drug-likeness (QED) is 0.534. The number of piperidine rings is 1. The number of nitrogens with one attached hydrogen (secondary N) is 2. The fourth-order valence-electron chi connectivity index (χ4n) is 1.71. The summed E-state index contributed by atoms with van der Waals surface area (Å²) in [6, 6.07) is -1.07. The molecule has 2 N–H and O–H groups in total. The highest BCUT2D eigenvalue weighted by molar-refractivity contribution is 7.91. The third-order valence-corrected chi connectivity index (χ3v) is 5.54. The van der Waals surface area contributed by atoms with E-state index in [2.05, 4.69) is 14.4 Å². The van der Waals surface area contributed by atoms with Crippen molar-refractivity contribution in [3.8, 4) is 0 Å². The second-order valence-corrected chi connectivity index (χ2v) is 6.87. The van der Waals surface area contributed by atoms with Crippen LogP contribution in [-0.2, 0) is 24.3 Å². The van der Waals surface area contributed by atoms with Crippen LogP contribution in [0.4, 0.5) is 0 Å². The van der Waals surface area contributed by atoms with Gasteiger partial charge in [-0.1, -0.05) is 0 Å². The summed E-state index contributed by atoms with van der Waals surface area (Å²) < 4.78 is 30.7. The first-order valence-electron chi connectivity index (χ1n) is 5.73. The molecular weight excluding hydrogens is 322 g/mol. The molecule has 21 heavy (non-hydrogen) atoms. The van der Waals surface area contributed by atoms with Gasteiger partial charge in [0.15, 0.2) is 9.90 Å². The number of hydrogen-bond acceptors (Lipinski definition) is 8. The van der Waals surface area contributed by atoms with E-state index < -0.39 is 33.8 Å². The number of methoxy groups -OCH3 is 1. The van der Waals surface area contributed by atoms with Gasteiger partial charge in [-0.3, -0.25) is 14.9 Å². The molecule has 1 aromatic rings. The van der Waals surface area contributed by atoms with Gasteiger partial charge >= 0.3 is 5.97 Å². The summed E-state index contributed by atoms with van der Waals surface area (Å²) in [6.45, 7) is 0. The number of ether oxygens (including phenoxy) is 1. The first-order valence-corrected chi connectivity index (χ1v) is 8.09. The molecule has 1 aliphatic rings. The van der Waals surface area contributed by atoms with E-state index >= 15 is 0 Å². The van der Waals surface area contributed by atoms with Crippen molar-refractivity contribution in [1.82, 2.24) is 15.0 Å². The maximum atomic E-state index is 12.2. The molecule has 2 rings (SSSR count). The van der Waals surface area contributed by atoms with Crippen LogP contribution in [-0.4, -0.2) is 44.3 Å². The molecule has 1 aliphatic heterocycles. The number of aromatic nitrogens is 1. The molecule has 0 bridgehead atoms. The molecule has 11 heteroatoms. The fourth-order valence-corrected chi connectivity index (χ4v) is 4.08. The summed E-state index contributed by atoms with van der Waals surface area (Å²) in [5.41, 5.74) is 0.841. The molecule has 114 valence electrons. The Kier molecular flexibility index (Phi) is 4.34. The van der Waals surface area contributed by atoms with Crippen molar-refractivity contribution in [2.45, 2.75) is 23.1 Å². The Bertz CT molecular complexity index is 695. The SMILES string of the molecule is COC(=O)c1ncsc1S(=O)(=O)NC1CCC(=O)NC1=O. The Morgan fingerprint density at radius 3 is 2.86 bits per heavy atom. The molecule has 1 unspecified atom stereocenters. The number of thiazole rings is 1. The lowest BCUT2D eigenvalue weighted by Gasteiger charge is -2.21. The Morgan fingerprint density at radius 2 is 2.24 bits per heavy atom. The van der Waals surface area contributed by atoms with Crippen LogP contribution in [0.3, 0.4) is 0 Å². The van der Waals surface area contributed by atoms with Crippen molar-refractivity contribution in [1.29, 1.82) is 0 Å². The molecule has 0 spiro atoms. The lowest BCUT2D eigenvalue weighted by atomic mass is 10.1. The first kappa shape index (κ1) is 15.5. The molecular formula is C10H11N3O6S2. The van der Waals surface area contributed by atoms with Crippen LogP contribution in [0, 0.1) is 0 Å². The van der Waals surface area contributed by atoms with Gasteiger partial charge in [0.1, 0.15) is 6.04 Å². The minimum absolute atomic E-state index is 0.0332. The Balaban J connectivity index is 2.23. The molecule has 1 atom stereocenters. The van der Waals surface area contributed by atoms with Gasteiger partial charge in [0, 0.05) is 6.42 Å². The lowest BCUT2D eigenvalue weighted by Crippen LogP contribution is -2.52. The monoisotopic (exact) mass is 333 g/mol. The molecule has 0 aliphatic carbocycles. The minimum Gasteiger partial charge on any atom is -0.464 e. The molecule has 2 heterocycles. The van der Waals surface area contributed by atoms with Gasteiger partial charge < -0.3 is 4.74 Å². The van der Waals surface area contributed by atoms with Crippen LogP contribution in [0.25, 0.3) is 0 Å². The summed E-state index contributed by atoms with van der Waals surface area (Å²) in [6.07, 6.45) is 0.0851. The van der Waals surface area contributed by atoms with E-state index in [9.17, 15) is 22.8 Å². The predicted molar refractivity (Wildman–Crippen MR) is 69.9 cm³/mol. The maximum Gasteiger partial charge on any atom is 0.358 e. The van der Waals surface area contributed by atoms with Gasteiger partial charge in [0.2, 0.25) is 11.8 Å². The number of carbonyl (C=O) groups is 3. The van der Waals surface area contributed by atoms with Gasteiger partial charge in [-0.2, -0.15) is 4.72 Å². The average molecular weight is 333 g/mol. The van der Waals surface area contributed by atoms with Gasteiger partial charge in [0.05, 0.1) is 12.6 Å². The lowest BCUT2D eigenvalue weighted by molar-refractivity contribution is -0.134. The van der Waals surface area contributed by atoms with E-state index in [4.69, 9.17) is 0 Å². The van der Waals surface area contributed by atoms with Crippen molar-refractivity contribution >= 4 is 39.1 Å². The number of hydrogen-bond donors (Lipinski definition) is 2. The molecule has 1 fully saturated rings. The van der Waals surface area contributed by atoms with Gasteiger partial charge in [0.25, 0.3) is 10.0 Å². The maximum absolute atomic E-state index is 12.2. The van der Waals surface area contributed by atoms with Crippen LogP contribution in [0.5, 0.6) is 0 Å². The number of esters is 1. The second-order valence-electron chi connectivity index (χ2n) is 4.10. The van der Waals surface area contributed by atoms with E-state index in [0.29, 0.717) is 0 Å². The molecule has 0 saturated carbocycles. The summed E-state index contributed by atoms with van der Waals surface area (Å²) in [4.78, 5) is 37.7. The van der Waals surface area contributed by atoms with E-state index in [1.807, 2.05) is 5.32 Å². The number of sulfonamides is 1. The number of imide groups is 1. The largest absolute Gasteiger partial charge is 0.464 e. The minimum atomic E-state index is -4.12. The first-order chi connectivity index (χ1) is 9.85. The van der Waals surface area contributed by atoms with Crippen LogP contribution < -0.4 is 10.0 Å². The highest BCUT2D eigenvalue weighted by Crippen LogP contribution is 2.21. The standard InChI is InChI=1S/C10H11N3O6S2/c1-19-9(16)7-10(20-4-11-7)21(17,18)13-5-2-3-6(14)12-8(5)15/h4-5,13H,2-3H2,1H3,(H,12,14,15). The van der Waals surface area contributed by atoms with Gasteiger partial charge in [-0.05, 0) is 6.42 Å². The molecule has 0 radical (unpaired) electrons. The van der Waals surface area contributed by atoms with Crippen LogP contribution in [0.1, 0.15) is 23.3 Å². The van der Waals surface area contributed by atoms with Crippen LogP contribution in [0.2, 0.25) is 0 Å². The third kappa shape index (κ3) is 3.25. The van der Waals surface area contributed by atoms with Gasteiger partial charge in [-0.25, -0.2) is 18.2 Å². The number of carbonyl (C=O) groups excluding carboxylic acids is 3. The van der Waals surface area contributed by atoms with Crippen molar-refractivity contribution in [2.75, 3.05) is 7.11 Å². The van der Waals surface area contributed by atoms with E-state index in [-0.39, 0.29) is 22.7 Å². The second kappa shape index (κ2) is 5.87. The van der Waals surface area contributed by atoms with E-state index in [1.165, 1.54) is 5.51 Å². The average Bonchev–Trinajstić information content (AvgIpc) is 2.91. The number of amides is 2. The normalized spacial score (nSPS) is 19.2. The van der Waals surface area contributed by atoms with E-state index in [1.54, 1.807) is 0 Å². The Morgan fingerprint density at radius 1 is 1.52 bits per heavy atom. The molecule has 1 saturated heterocycles. The molecule has 2 amide bonds. The van der Waals surface area contributed by atoms with Crippen LogP contribution in [0.15, 0.2) is 9.72 Å². The molecule has 0 aromatic carbocycles. The molecule has 9 nitrogen and oxygen atoms in total. The Hall–Kier alpha value is -1.85. The number of nitrogens with zero attached hydrogens (tertiary/aromatic N) is 1.